The molecule has 5 rings (SSSR count). The fourth-order valence-corrected chi connectivity index (χ4v) is 5.48. The van der Waals surface area contributed by atoms with Gasteiger partial charge in [-0.3, -0.25) is 4.79 Å². The molecule has 0 spiro atoms. The summed E-state index contributed by atoms with van der Waals surface area (Å²) in [5, 5.41) is 11.9. The number of piperidine rings is 1. The molecule has 1 fully saturated rings. The lowest BCUT2D eigenvalue weighted by atomic mass is 9.85. The lowest BCUT2D eigenvalue weighted by Crippen LogP contribution is -2.46. The van der Waals surface area contributed by atoms with Crippen LogP contribution in [0.2, 0.25) is 0 Å². The minimum atomic E-state index is -0.795. The Kier molecular flexibility index (Phi) is 9.04. The number of ether oxygens (including phenoxy) is 1. The van der Waals surface area contributed by atoms with E-state index in [9.17, 15) is 14.9 Å². The van der Waals surface area contributed by atoms with Gasteiger partial charge in [0.2, 0.25) is 5.91 Å². The summed E-state index contributed by atoms with van der Waals surface area (Å²) in [5.41, 5.74) is 4.66. The molecule has 0 N–H and O–H groups in total. The molecule has 1 saturated heterocycles. The van der Waals surface area contributed by atoms with Gasteiger partial charge in [-0.25, -0.2) is 0 Å². The van der Waals surface area contributed by atoms with Gasteiger partial charge in [0.05, 0.1) is 19.3 Å². The van der Waals surface area contributed by atoms with Gasteiger partial charge in [0.1, 0.15) is 0 Å². The monoisotopic (exact) mass is 538 g/mol. The number of hydrogen-bond donors (Lipinski definition) is 0. The molecule has 1 heterocycles. The minimum Gasteiger partial charge on any atom is -0.371 e. The maximum atomic E-state index is 13.0. The predicted molar refractivity (Wildman–Crippen MR) is 155 cm³/mol. The van der Waals surface area contributed by atoms with E-state index in [1.165, 1.54) is 27.5 Å². The SMILES string of the molecule is O=C(CCCCO[N+](=O)[O-])N1CC[C@H](c2cccc(-c3ccccc3)c2)[C@@H](OCc2ccc3ccccc3c2)C1. The lowest BCUT2D eigenvalue weighted by molar-refractivity contribution is -0.757. The van der Waals surface area contributed by atoms with Crippen LogP contribution in [-0.2, 0) is 21.0 Å². The van der Waals surface area contributed by atoms with Gasteiger partial charge in [0.15, 0.2) is 0 Å². The van der Waals surface area contributed by atoms with Crippen LogP contribution in [0.1, 0.15) is 42.7 Å². The Balaban J connectivity index is 1.30. The van der Waals surface area contributed by atoms with Crippen LogP contribution in [0.4, 0.5) is 0 Å². The molecule has 1 aliphatic heterocycles. The van der Waals surface area contributed by atoms with Gasteiger partial charge in [0, 0.05) is 25.4 Å². The Morgan fingerprint density at radius 1 is 0.875 bits per heavy atom. The largest absolute Gasteiger partial charge is 0.371 e. The standard InChI is InChI=1S/C33H34N2O5/c36-33(15-6-7-20-40-35(37)38)34-19-18-31(30-14-8-13-29(22-30)26-9-2-1-3-10-26)32(23-34)39-24-25-16-17-27-11-4-5-12-28(27)21-25/h1-5,8-14,16-17,21-22,31-32H,6-7,15,18-20,23-24H2/t31-,32+/m1/s1. The van der Waals surface area contributed by atoms with Crippen LogP contribution >= 0.6 is 0 Å². The van der Waals surface area contributed by atoms with Gasteiger partial charge in [-0.05, 0) is 58.4 Å². The third-order valence-corrected chi connectivity index (χ3v) is 7.59. The number of carbonyl (C=O) groups excluding carboxylic acids is 1. The average Bonchev–Trinajstić information content (AvgIpc) is 3.00. The van der Waals surface area contributed by atoms with E-state index < -0.39 is 5.09 Å². The zero-order chi connectivity index (χ0) is 27.7. The fourth-order valence-electron chi connectivity index (χ4n) is 5.48. The highest BCUT2D eigenvalue weighted by Crippen LogP contribution is 2.34. The van der Waals surface area contributed by atoms with Crippen LogP contribution in [0.25, 0.3) is 21.9 Å². The molecule has 4 aromatic carbocycles. The zero-order valence-corrected chi connectivity index (χ0v) is 22.5. The molecule has 206 valence electrons. The van der Waals surface area contributed by atoms with Crippen LogP contribution in [0.15, 0.2) is 97.1 Å². The van der Waals surface area contributed by atoms with Crippen LogP contribution in [0, 0.1) is 10.1 Å². The van der Waals surface area contributed by atoms with Gasteiger partial charge in [-0.2, -0.15) is 0 Å². The summed E-state index contributed by atoms with van der Waals surface area (Å²) in [6, 6.07) is 33.7. The maximum Gasteiger partial charge on any atom is 0.294 e. The molecule has 1 amide bonds. The summed E-state index contributed by atoms with van der Waals surface area (Å²) in [6.07, 6.45) is 2.00. The minimum absolute atomic E-state index is 0.0115. The second-order valence-corrected chi connectivity index (χ2v) is 10.3. The van der Waals surface area contributed by atoms with Crippen LogP contribution in [0.5, 0.6) is 0 Å². The first-order valence-electron chi connectivity index (χ1n) is 13.9. The molecular weight excluding hydrogens is 504 g/mol. The summed E-state index contributed by atoms with van der Waals surface area (Å²) < 4.78 is 6.59. The maximum absolute atomic E-state index is 13.0. The van der Waals surface area contributed by atoms with Crippen molar-refractivity contribution < 1.29 is 19.5 Å². The fraction of sp³-hybridized carbons (Fsp3) is 0.303. The van der Waals surface area contributed by atoms with Crippen LogP contribution in [0.3, 0.4) is 0 Å². The molecule has 7 nitrogen and oxygen atoms in total. The summed E-state index contributed by atoms with van der Waals surface area (Å²) >= 11 is 0. The molecule has 4 aromatic rings. The molecule has 0 aromatic heterocycles. The van der Waals surface area contributed by atoms with E-state index in [2.05, 4.69) is 71.6 Å². The molecule has 0 saturated carbocycles. The zero-order valence-electron chi connectivity index (χ0n) is 22.5. The van der Waals surface area contributed by atoms with Gasteiger partial charge in [0.25, 0.3) is 5.09 Å². The third-order valence-electron chi connectivity index (χ3n) is 7.59. The molecule has 0 aliphatic carbocycles. The van der Waals surface area contributed by atoms with E-state index in [1.807, 2.05) is 35.2 Å². The quantitative estimate of drug-likeness (QED) is 0.119. The number of benzene rings is 4. The molecule has 0 unspecified atom stereocenters. The summed E-state index contributed by atoms with van der Waals surface area (Å²) in [4.78, 5) is 29.6. The molecule has 0 radical (unpaired) electrons. The van der Waals surface area contributed by atoms with Gasteiger partial charge < -0.3 is 14.5 Å². The van der Waals surface area contributed by atoms with Gasteiger partial charge in [-0.15, -0.1) is 10.1 Å². The second-order valence-electron chi connectivity index (χ2n) is 10.3. The normalized spacial score (nSPS) is 17.1. The highest BCUT2D eigenvalue weighted by molar-refractivity contribution is 5.83. The summed E-state index contributed by atoms with van der Waals surface area (Å²) in [7, 11) is 0. The van der Waals surface area contributed by atoms with Crippen molar-refractivity contribution in [3.8, 4) is 11.1 Å². The summed E-state index contributed by atoms with van der Waals surface area (Å²) in [6.45, 7) is 1.64. The first-order chi connectivity index (χ1) is 19.6. The number of carbonyl (C=O) groups is 1. The molecule has 2 atom stereocenters. The van der Waals surface area contributed by atoms with Crippen molar-refractivity contribution in [2.75, 3.05) is 19.7 Å². The Hall–Kier alpha value is -4.23. The first kappa shape index (κ1) is 27.3. The smallest absolute Gasteiger partial charge is 0.294 e. The van der Waals surface area contributed by atoms with Gasteiger partial charge in [-0.1, -0.05) is 91.0 Å². The van der Waals surface area contributed by atoms with Crippen LogP contribution < -0.4 is 0 Å². The summed E-state index contributed by atoms with van der Waals surface area (Å²) in [5.74, 6) is 0.207. The number of rotatable bonds is 11. The Labute approximate surface area is 234 Å². The van der Waals surface area contributed by atoms with Crippen molar-refractivity contribution in [1.82, 2.24) is 4.90 Å². The number of fused-ring (bicyclic) bond motifs is 1. The van der Waals surface area contributed by atoms with E-state index in [-0.39, 0.29) is 24.5 Å². The van der Waals surface area contributed by atoms with Crippen LogP contribution in [-0.4, -0.2) is 41.7 Å². The molecular formula is C33H34N2O5. The number of amides is 1. The van der Waals surface area contributed by atoms with Crippen molar-refractivity contribution in [1.29, 1.82) is 0 Å². The van der Waals surface area contributed by atoms with E-state index in [0.717, 1.165) is 12.0 Å². The van der Waals surface area contributed by atoms with E-state index in [4.69, 9.17) is 4.74 Å². The van der Waals surface area contributed by atoms with Crippen molar-refractivity contribution in [2.24, 2.45) is 0 Å². The molecule has 7 heteroatoms. The number of likely N-dealkylation sites (tertiary alicyclic amines) is 1. The highest BCUT2D eigenvalue weighted by Gasteiger charge is 2.33. The topological polar surface area (TPSA) is 81.9 Å². The Morgan fingerprint density at radius 3 is 2.48 bits per heavy atom. The van der Waals surface area contributed by atoms with E-state index >= 15 is 0 Å². The number of unbranched alkanes of at least 4 members (excludes halogenated alkanes) is 1. The Morgan fingerprint density at radius 2 is 1.65 bits per heavy atom. The highest BCUT2D eigenvalue weighted by atomic mass is 16.9. The van der Waals surface area contributed by atoms with Crippen molar-refractivity contribution in [3.63, 3.8) is 0 Å². The van der Waals surface area contributed by atoms with Crippen molar-refractivity contribution in [2.45, 2.75) is 44.3 Å². The van der Waals surface area contributed by atoms with E-state index in [1.54, 1.807) is 0 Å². The number of nitrogens with zero attached hydrogens (tertiary/aromatic N) is 2. The molecule has 40 heavy (non-hydrogen) atoms. The Bertz CT molecular complexity index is 1440. The molecule has 0 bridgehead atoms. The van der Waals surface area contributed by atoms with Gasteiger partial charge >= 0.3 is 0 Å². The first-order valence-corrected chi connectivity index (χ1v) is 13.9. The second kappa shape index (κ2) is 13.2. The van der Waals surface area contributed by atoms with Crippen molar-refractivity contribution in [3.05, 3.63) is 118 Å². The number of hydrogen-bond acceptors (Lipinski definition) is 5. The predicted octanol–water partition coefficient (Wildman–Crippen LogP) is 6.79. The molecule has 1 aliphatic rings. The lowest BCUT2D eigenvalue weighted by Gasteiger charge is -2.39. The van der Waals surface area contributed by atoms with Crippen molar-refractivity contribution >= 4 is 16.7 Å². The third kappa shape index (κ3) is 7.04. The van der Waals surface area contributed by atoms with E-state index in [0.29, 0.717) is 39.0 Å². The average molecular weight is 539 g/mol.